The number of hydrogen-bond acceptors (Lipinski definition) is 0. The third-order valence-electron chi connectivity index (χ3n) is 4.00. The van der Waals surface area contributed by atoms with Gasteiger partial charge in [-0.2, -0.15) is 0 Å². The number of rotatable bonds is 1. The lowest BCUT2D eigenvalue weighted by molar-refractivity contribution is -0.128. The fourth-order valence-corrected chi connectivity index (χ4v) is 3.17. The van der Waals surface area contributed by atoms with Crippen LogP contribution in [0.15, 0.2) is 12.2 Å². The summed E-state index contributed by atoms with van der Waals surface area (Å²) in [7, 11) is 0. The van der Waals surface area contributed by atoms with Crippen LogP contribution in [0.4, 0.5) is 8.78 Å². The molecule has 2 heteroatoms. The first-order valence-corrected chi connectivity index (χ1v) is 6.01. The zero-order valence-corrected chi connectivity index (χ0v) is 9.44. The van der Waals surface area contributed by atoms with Gasteiger partial charge in [-0.05, 0) is 43.4 Å². The van der Waals surface area contributed by atoms with E-state index < -0.39 is 5.92 Å². The van der Waals surface area contributed by atoms with Gasteiger partial charge in [0, 0.05) is 12.8 Å². The van der Waals surface area contributed by atoms with Gasteiger partial charge >= 0.3 is 0 Å². The lowest BCUT2D eigenvalue weighted by Crippen LogP contribution is -2.39. The van der Waals surface area contributed by atoms with Crippen LogP contribution in [-0.2, 0) is 0 Å². The number of alkyl halides is 2. The van der Waals surface area contributed by atoms with Crippen molar-refractivity contribution in [1.82, 2.24) is 0 Å². The molecule has 0 nitrogen and oxygen atoms in total. The van der Waals surface area contributed by atoms with Gasteiger partial charge in [-0.15, -0.1) is 0 Å². The second kappa shape index (κ2) is 3.88. The van der Waals surface area contributed by atoms with Gasteiger partial charge in [0.1, 0.15) is 0 Å². The van der Waals surface area contributed by atoms with Gasteiger partial charge in [-0.3, -0.25) is 0 Å². The average molecular weight is 214 g/mol. The Morgan fingerprint density at radius 2 is 1.93 bits per heavy atom. The van der Waals surface area contributed by atoms with E-state index >= 15 is 0 Å². The normalized spacial score (nSPS) is 37.1. The van der Waals surface area contributed by atoms with Gasteiger partial charge in [0.2, 0.25) is 5.92 Å². The molecule has 1 unspecified atom stereocenters. The number of allylic oxidation sites excluding steroid dienone is 1. The smallest absolute Gasteiger partial charge is 0.207 e. The van der Waals surface area contributed by atoms with E-state index in [1.54, 1.807) is 0 Å². The van der Waals surface area contributed by atoms with Crippen LogP contribution in [0.25, 0.3) is 0 Å². The molecule has 2 saturated carbocycles. The highest BCUT2D eigenvalue weighted by atomic mass is 19.3. The Hall–Kier alpha value is -0.400. The fraction of sp³-hybridized carbons (Fsp3) is 0.846. The lowest BCUT2D eigenvalue weighted by Gasteiger charge is -2.40. The van der Waals surface area contributed by atoms with Crippen LogP contribution >= 0.6 is 0 Å². The van der Waals surface area contributed by atoms with Gasteiger partial charge in [-0.25, -0.2) is 8.78 Å². The Morgan fingerprint density at radius 1 is 1.27 bits per heavy atom. The van der Waals surface area contributed by atoms with Crippen LogP contribution < -0.4 is 0 Å². The maximum absolute atomic E-state index is 12.8. The number of halogens is 2. The minimum atomic E-state index is -2.35. The molecule has 86 valence electrons. The Balaban J connectivity index is 1.90. The minimum absolute atomic E-state index is 0.136. The van der Waals surface area contributed by atoms with Crippen molar-refractivity contribution in [2.75, 3.05) is 0 Å². The van der Waals surface area contributed by atoms with E-state index in [0.717, 1.165) is 25.7 Å². The quantitative estimate of drug-likeness (QED) is 0.448. The summed E-state index contributed by atoms with van der Waals surface area (Å²) in [6, 6.07) is 0. The van der Waals surface area contributed by atoms with E-state index in [0.29, 0.717) is 11.8 Å². The molecule has 0 saturated heterocycles. The summed E-state index contributed by atoms with van der Waals surface area (Å²) in [5, 5.41) is 0. The van der Waals surface area contributed by atoms with E-state index in [1.807, 2.05) is 0 Å². The van der Waals surface area contributed by atoms with Gasteiger partial charge in [0.15, 0.2) is 0 Å². The van der Waals surface area contributed by atoms with E-state index in [-0.39, 0.29) is 18.8 Å². The molecule has 0 N–H and O–H groups in total. The molecule has 0 radical (unpaired) electrons. The summed E-state index contributed by atoms with van der Waals surface area (Å²) in [6.07, 6.45) is 4.63. The molecule has 0 aromatic rings. The molecule has 0 bridgehead atoms. The first-order valence-electron chi connectivity index (χ1n) is 6.01. The summed E-state index contributed by atoms with van der Waals surface area (Å²) in [5.41, 5.74) is 1.32. The van der Waals surface area contributed by atoms with Crippen molar-refractivity contribution in [3.63, 3.8) is 0 Å². The maximum atomic E-state index is 12.8. The van der Waals surface area contributed by atoms with Crippen LogP contribution in [0.5, 0.6) is 0 Å². The van der Waals surface area contributed by atoms with Crippen molar-refractivity contribution < 1.29 is 8.78 Å². The highest BCUT2D eigenvalue weighted by Gasteiger charge is 2.48. The second-order valence-corrected chi connectivity index (χ2v) is 5.62. The SMILES string of the molecule is C=C1CC[C@@H](C2CC(F)(F)C2)CC(C)C1. The van der Waals surface area contributed by atoms with Crippen molar-refractivity contribution in [1.29, 1.82) is 0 Å². The van der Waals surface area contributed by atoms with Crippen LogP contribution in [0.1, 0.15) is 45.4 Å². The first-order chi connectivity index (χ1) is 6.96. The molecule has 2 atom stereocenters. The Kier molecular flexibility index (Phi) is 2.87. The molecule has 0 aromatic heterocycles. The standard InChI is InChI=1S/C13H20F2/c1-9-3-4-11(6-10(2)5-9)12-7-13(14,15)8-12/h10-12H,1,3-8H2,2H3/t10?,11-/m1/s1. The zero-order valence-electron chi connectivity index (χ0n) is 9.44. The highest BCUT2D eigenvalue weighted by molar-refractivity contribution is 5.01. The summed E-state index contributed by atoms with van der Waals surface area (Å²) >= 11 is 0. The summed E-state index contributed by atoms with van der Waals surface area (Å²) < 4.78 is 25.6. The Labute approximate surface area is 90.7 Å². The molecule has 0 amide bonds. The third-order valence-corrected chi connectivity index (χ3v) is 4.00. The summed E-state index contributed by atoms with van der Waals surface area (Å²) in [6.45, 7) is 6.27. The van der Waals surface area contributed by atoms with Crippen LogP contribution in [0, 0.1) is 17.8 Å². The summed E-state index contributed by atoms with van der Waals surface area (Å²) in [5.74, 6) is -0.900. The average Bonchev–Trinajstić information content (AvgIpc) is 2.22. The molecule has 2 aliphatic carbocycles. The van der Waals surface area contributed by atoms with Crippen molar-refractivity contribution in [3.05, 3.63) is 12.2 Å². The van der Waals surface area contributed by atoms with Gasteiger partial charge < -0.3 is 0 Å². The van der Waals surface area contributed by atoms with E-state index in [9.17, 15) is 8.78 Å². The van der Waals surface area contributed by atoms with Gasteiger partial charge in [-0.1, -0.05) is 19.1 Å². The van der Waals surface area contributed by atoms with Crippen LogP contribution in [0.2, 0.25) is 0 Å². The zero-order chi connectivity index (χ0) is 11.1. The monoisotopic (exact) mass is 214 g/mol. The largest absolute Gasteiger partial charge is 0.248 e. The van der Waals surface area contributed by atoms with Crippen molar-refractivity contribution in [2.24, 2.45) is 17.8 Å². The first kappa shape index (κ1) is 11.1. The molecule has 0 aromatic carbocycles. The molecule has 2 fully saturated rings. The van der Waals surface area contributed by atoms with Crippen molar-refractivity contribution >= 4 is 0 Å². The topological polar surface area (TPSA) is 0 Å². The van der Waals surface area contributed by atoms with Gasteiger partial charge in [0.25, 0.3) is 0 Å². The minimum Gasteiger partial charge on any atom is -0.207 e. The molecular formula is C13H20F2. The van der Waals surface area contributed by atoms with E-state index in [4.69, 9.17) is 0 Å². The molecule has 2 aliphatic rings. The highest BCUT2D eigenvalue weighted by Crippen LogP contribution is 2.50. The van der Waals surface area contributed by atoms with Gasteiger partial charge in [0.05, 0.1) is 0 Å². The van der Waals surface area contributed by atoms with Crippen molar-refractivity contribution in [3.8, 4) is 0 Å². The fourth-order valence-electron chi connectivity index (χ4n) is 3.17. The second-order valence-electron chi connectivity index (χ2n) is 5.62. The van der Waals surface area contributed by atoms with Crippen LogP contribution in [-0.4, -0.2) is 5.92 Å². The molecule has 0 spiro atoms. The maximum Gasteiger partial charge on any atom is 0.248 e. The van der Waals surface area contributed by atoms with E-state index in [2.05, 4.69) is 13.5 Å². The molecule has 0 aliphatic heterocycles. The lowest BCUT2D eigenvalue weighted by atomic mass is 9.69. The Bertz CT molecular complexity index is 249. The predicted molar refractivity (Wildman–Crippen MR) is 57.9 cm³/mol. The third kappa shape index (κ3) is 2.59. The molecule has 0 heterocycles. The number of hydrogen-bond donors (Lipinski definition) is 0. The Morgan fingerprint density at radius 3 is 2.53 bits per heavy atom. The van der Waals surface area contributed by atoms with E-state index in [1.165, 1.54) is 5.57 Å². The predicted octanol–water partition coefficient (Wildman–Crippen LogP) is 4.41. The molecule has 2 rings (SSSR count). The molecule has 15 heavy (non-hydrogen) atoms. The van der Waals surface area contributed by atoms with Crippen LogP contribution in [0.3, 0.4) is 0 Å². The summed E-state index contributed by atoms with van der Waals surface area (Å²) in [4.78, 5) is 0. The van der Waals surface area contributed by atoms with Crippen molar-refractivity contribution in [2.45, 2.75) is 51.4 Å². The molecular weight excluding hydrogens is 194 g/mol.